The van der Waals surface area contributed by atoms with Gasteiger partial charge in [0.05, 0.1) is 0 Å². The number of pyridine rings is 1. The molecule has 0 fully saturated rings. The zero-order valence-electron chi connectivity index (χ0n) is 9.08. The first-order valence-electron chi connectivity index (χ1n) is 4.92. The summed E-state index contributed by atoms with van der Waals surface area (Å²) in [5.74, 6) is 1.02. The van der Waals surface area contributed by atoms with Crippen LogP contribution in [0.1, 0.15) is 5.56 Å². The van der Waals surface area contributed by atoms with E-state index in [0.29, 0.717) is 22.3 Å². The Morgan fingerprint density at radius 1 is 1.41 bits per heavy atom. The molecule has 2 rings (SSSR count). The van der Waals surface area contributed by atoms with Crippen molar-refractivity contribution in [3.63, 3.8) is 0 Å². The number of halogens is 2. The van der Waals surface area contributed by atoms with E-state index in [1.165, 1.54) is 0 Å². The van der Waals surface area contributed by atoms with Crippen molar-refractivity contribution in [1.29, 1.82) is 0 Å². The third-order valence-corrected chi connectivity index (χ3v) is 3.01. The Morgan fingerprint density at radius 3 is 2.88 bits per heavy atom. The van der Waals surface area contributed by atoms with Crippen LogP contribution in [0.4, 0.5) is 5.69 Å². The third kappa shape index (κ3) is 2.70. The number of nitrogen functional groups attached to an aromatic ring is 1. The van der Waals surface area contributed by atoms with Crippen molar-refractivity contribution in [3.05, 3.63) is 45.5 Å². The number of ether oxygens (including phenoxy) is 1. The maximum Gasteiger partial charge on any atom is 0.238 e. The van der Waals surface area contributed by atoms with E-state index in [-0.39, 0.29) is 0 Å². The second-order valence-corrected chi connectivity index (χ2v) is 4.84. The van der Waals surface area contributed by atoms with E-state index in [0.717, 1.165) is 10.0 Å². The van der Waals surface area contributed by atoms with Gasteiger partial charge in [-0.1, -0.05) is 17.7 Å². The smallest absolute Gasteiger partial charge is 0.238 e. The fourth-order valence-electron chi connectivity index (χ4n) is 1.32. The Bertz CT molecular complexity index is 560. The molecule has 0 bridgehead atoms. The minimum atomic E-state index is 0.364. The van der Waals surface area contributed by atoms with Crippen LogP contribution in [-0.2, 0) is 0 Å². The number of anilines is 1. The highest BCUT2D eigenvalue weighted by Crippen LogP contribution is 2.32. The zero-order valence-corrected chi connectivity index (χ0v) is 11.4. The molecule has 0 radical (unpaired) electrons. The van der Waals surface area contributed by atoms with Gasteiger partial charge in [-0.15, -0.1) is 0 Å². The number of hydrogen-bond donors (Lipinski definition) is 1. The second-order valence-electron chi connectivity index (χ2n) is 3.51. The topological polar surface area (TPSA) is 48.1 Å². The summed E-state index contributed by atoms with van der Waals surface area (Å²) in [5, 5.41) is 0.446. The zero-order chi connectivity index (χ0) is 12.4. The van der Waals surface area contributed by atoms with Gasteiger partial charge in [0.25, 0.3) is 0 Å². The van der Waals surface area contributed by atoms with Crippen molar-refractivity contribution in [2.24, 2.45) is 0 Å². The molecule has 0 aliphatic heterocycles. The fraction of sp³-hybridized carbons (Fsp3) is 0.0833. The molecular weight excluding hydrogens is 304 g/mol. The van der Waals surface area contributed by atoms with Gasteiger partial charge in [0.2, 0.25) is 5.88 Å². The minimum Gasteiger partial charge on any atom is -0.437 e. The predicted molar refractivity (Wildman–Crippen MR) is 72.6 cm³/mol. The molecule has 2 aromatic rings. The van der Waals surface area contributed by atoms with Crippen LogP contribution in [0.5, 0.6) is 11.6 Å². The molecule has 0 amide bonds. The van der Waals surface area contributed by atoms with E-state index >= 15 is 0 Å². The molecule has 0 atom stereocenters. The Hall–Kier alpha value is -1.26. The lowest BCUT2D eigenvalue weighted by Gasteiger charge is -2.10. The fourth-order valence-corrected chi connectivity index (χ4v) is 1.99. The highest BCUT2D eigenvalue weighted by Gasteiger charge is 2.08. The number of nitrogens with zero attached hydrogens (tertiary/aromatic N) is 1. The molecule has 17 heavy (non-hydrogen) atoms. The van der Waals surface area contributed by atoms with E-state index in [4.69, 9.17) is 22.1 Å². The maximum atomic E-state index is 6.02. The molecule has 0 spiro atoms. The standard InChI is InChI=1S/C12H10BrClN2O/c1-7-10(15)3-2-4-11(7)17-12-9(14)5-8(13)6-16-12/h2-6H,15H2,1H3. The van der Waals surface area contributed by atoms with Crippen molar-refractivity contribution in [1.82, 2.24) is 4.98 Å². The largest absolute Gasteiger partial charge is 0.437 e. The predicted octanol–water partition coefficient (Wildman–Crippen LogP) is 4.18. The first-order valence-corrected chi connectivity index (χ1v) is 6.09. The molecule has 1 aromatic heterocycles. The summed E-state index contributed by atoms with van der Waals surface area (Å²) in [5.41, 5.74) is 7.34. The molecule has 0 saturated heterocycles. The number of hydrogen-bond acceptors (Lipinski definition) is 3. The van der Waals surface area contributed by atoms with Crippen LogP contribution in [0.3, 0.4) is 0 Å². The van der Waals surface area contributed by atoms with Gasteiger partial charge < -0.3 is 10.5 Å². The van der Waals surface area contributed by atoms with Crippen molar-refractivity contribution in [3.8, 4) is 11.6 Å². The van der Waals surface area contributed by atoms with Gasteiger partial charge in [0.1, 0.15) is 10.8 Å². The summed E-state index contributed by atoms with van der Waals surface area (Å²) in [4.78, 5) is 4.10. The van der Waals surface area contributed by atoms with E-state index in [2.05, 4.69) is 20.9 Å². The summed E-state index contributed by atoms with van der Waals surface area (Å²) in [6.45, 7) is 1.89. The van der Waals surface area contributed by atoms with Crippen LogP contribution in [0.25, 0.3) is 0 Å². The number of nitrogens with two attached hydrogens (primary N) is 1. The summed E-state index contributed by atoms with van der Waals surface area (Å²) in [7, 11) is 0. The Labute approximate surface area is 113 Å². The first kappa shape index (κ1) is 12.2. The van der Waals surface area contributed by atoms with Crippen LogP contribution in [0.2, 0.25) is 5.02 Å². The number of aromatic nitrogens is 1. The van der Waals surface area contributed by atoms with Crippen molar-refractivity contribution in [2.75, 3.05) is 5.73 Å². The van der Waals surface area contributed by atoms with Crippen molar-refractivity contribution >= 4 is 33.2 Å². The maximum absolute atomic E-state index is 6.02. The number of benzene rings is 1. The Kier molecular flexibility index (Phi) is 3.54. The van der Waals surface area contributed by atoms with Crippen molar-refractivity contribution < 1.29 is 4.74 Å². The van der Waals surface area contributed by atoms with Crippen LogP contribution in [-0.4, -0.2) is 4.98 Å². The minimum absolute atomic E-state index is 0.364. The molecule has 1 heterocycles. The lowest BCUT2D eigenvalue weighted by atomic mass is 10.2. The Morgan fingerprint density at radius 2 is 2.18 bits per heavy atom. The van der Waals surface area contributed by atoms with E-state index in [1.54, 1.807) is 12.3 Å². The quantitative estimate of drug-likeness (QED) is 0.846. The third-order valence-electron chi connectivity index (χ3n) is 2.31. The van der Waals surface area contributed by atoms with E-state index in [1.807, 2.05) is 25.1 Å². The monoisotopic (exact) mass is 312 g/mol. The molecule has 2 N–H and O–H groups in total. The SMILES string of the molecule is Cc1c(N)cccc1Oc1ncc(Br)cc1Cl. The summed E-state index contributed by atoms with van der Waals surface area (Å²) in [6, 6.07) is 7.19. The second kappa shape index (κ2) is 4.94. The van der Waals surface area contributed by atoms with Gasteiger partial charge in [0, 0.05) is 21.9 Å². The van der Waals surface area contributed by atoms with Gasteiger partial charge in [-0.05, 0) is 41.1 Å². The lowest BCUT2D eigenvalue weighted by molar-refractivity contribution is 0.460. The molecule has 0 saturated carbocycles. The van der Waals surface area contributed by atoms with Crippen LogP contribution in [0, 0.1) is 6.92 Å². The molecule has 0 aliphatic rings. The highest BCUT2D eigenvalue weighted by molar-refractivity contribution is 9.10. The Balaban J connectivity index is 2.35. The average Bonchev–Trinajstić information content (AvgIpc) is 2.28. The van der Waals surface area contributed by atoms with Gasteiger partial charge in [-0.25, -0.2) is 4.98 Å². The van der Waals surface area contributed by atoms with Gasteiger partial charge in [-0.3, -0.25) is 0 Å². The van der Waals surface area contributed by atoms with E-state index < -0.39 is 0 Å². The molecule has 1 aromatic carbocycles. The van der Waals surface area contributed by atoms with Gasteiger partial charge in [-0.2, -0.15) is 0 Å². The lowest BCUT2D eigenvalue weighted by Crippen LogP contribution is -1.95. The molecular formula is C12H10BrClN2O. The highest BCUT2D eigenvalue weighted by atomic mass is 79.9. The summed E-state index contributed by atoms with van der Waals surface area (Å²) < 4.78 is 6.44. The molecule has 88 valence electrons. The van der Waals surface area contributed by atoms with Crippen molar-refractivity contribution in [2.45, 2.75) is 6.92 Å². The summed E-state index contributed by atoms with van der Waals surface area (Å²) >= 11 is 9.31. The van der Waals surface area contributed by atoms with Crippen LogP contribution < -0.4 is 10.5 Å². The normalized spacial score (nSPS) is 10.3. The van der Waals surface area contributed by atoms with Crippen LogP contribution in [0.15, 0.2) is 34.9 Å². The summed E-state index contributed by atoms with van der Waals surface area (Å²) in [6.07, 6.45) is 1.63. The molecule has 5 heteroatoms. The average molecular weight is 314 g/mol. The van der Waals surface area contributed by atoms with Gasteiger partial charge in [0.15, 0.2) is 0 Å². The molecule has 0 unspecified atom stereocenters. The van der Waals surface area contributed by atoms with E-state index in [9.17, 15) is 0 Å². The first-order chi connectivity index (χ1) is 8.08. The molecule has 0 aliphatic carbocycles. The van der Waals surface area contributed by atoms with Gasteiger partial charge >= 0.3 is 0 Å². The van der Waals surface area contributed by atoms with Crippen LogP contribution >= 0.6 is 27.5 Å². The number of rotatable bonds is 2. The molecule has 3 nitrogen and oxygen atoms in total.